The molecule has 1 aromatic carbocycles. The van der Waals surface area contributed by atoms with Crippen molar-refractivity contribution in [1.82, 2.24) is 30.1 Å². The largest absolute Gasteiger partial charge is 0.382 e. The fraction of sp³-hybridized carbons (Fsp3) is 0.148. The van der Waals surface area contributed by atoms with Crippen LogP contribution >= 0.6 is 11.3 Å². The highest BCUT2D eigenvalue weighted by Gasteiger charge is 2.19. The van der Waals surface area contributed by atoms with E-state index in [4.69, 9.17) is 0 Å². The van der Waals surface area contributed by atoms with Crippen molar-refractivity contribution in [2.45, 2.75) is 26.8 Å². The van der Waals surface area contributed by atoms with Crippen LogP contribution in [0.25, 0.3) is 55.2 Å². The number of aromatic amines is 2. The molecule has 0 radical (unpaired) electrons. The molecule has 37 heavy (non-hydrogen) atoms. The number of nitrogens with one attached hydrogen (secondary N) is 3. The normalized spacial score (nSPS) is 11.6. The summed E-state index contributed by atoms with van der Waals surface area (Å²) in [6, 6.07) is 10.9. The number of anilines is 1. The van der Waals surface area contributed by atoms with Crippen molar-refractivity contribution >= 4 is 44.9 Å². The number of carbonyl (C=O) groups is 1. The molecular weight excluding hydrogens is 489 g/mol. The highest BCUT2D eigenvalue weighted by Crippen LogP contribution is 2.36. The Kier molecular flexibility index (Phi) is 5.53. The van der Waals surface area contributed by atoms with Crippen LogP contribution in [0.1, 0.15) is 30.4 Å². The van der Waals surface area contributed by atoms with Gasteiger partial charge >= 0.3 is 0 Å². The van der Waals surface area contributed by atoms with Crippen molar-refractivity contribution < 1.29 is 9.18 Å². The lowest BCUT2D eigenvalue weighted by molar-refractivity contribution is 0.102. The molecule has 0 atom stereocenters. The molecule has 0 fully saturated rings. The van der Waals surface area contributed by atoms with Gasteiger partial charge < -0.3 is 10.3 Å². The maximum atomic E-state index is 15.1. The first-order chi connectivity index (χ1) is 17.9. The van der Waals surface area contributed by atoms with Crippen molar-refractivity contribution in [3.8, 4) is 33.1 Å². The minimum absolute atomic E-state index is 0.0265. The highest BCUT2D eigenvalue weighted by molar-refractivity contribution is 7.17. The minimum atomic E-state index is -0.376. The third kappa shape index (κ3) is 4.15. The fourth-order valence-electron chi connectivity index (χ4n) is 4.34. The predicted octanol–water partition coefficient (Wildman–Crippen LogP) is 6.45. The zero-order chi connectivity index (χ0) is 25.7. The van der Waals surface area contributed by atoms with E-state index in [0.717, 1.165) is 21.6 Å². The predicted molar refractivity (Wildman–Crippen MR) is 144 cm³/mol. The Morgan fingerprint density at radius 2 is 1.97 bits per heavy atom. The molecule has 0 saturated carbocycles. The van der Waals surface area contributed by atoms with Gasteiger partial charge in [-0.15, -0.1) is 11.3 Å². The molecule has 5 heterocycles. The second kappa shape index (κ2) is 8.90. The van der Waals surface area contributed by atoms with Crippen LogP contribution in [0.3, 0.4) is 0 Å². The number of hydrogen-bond donors (Lipinski definition) is 3. The first-order valence-electron chi connectivity index (χ1n) is 11.7. The molecule has 0 bridgehead atoms. The number of rotatable bonds is 6. The summed E-state index contributed by atoms with van der Waals surface area (Å²) in [6.45, 7) is 5.62. The van der Waals surface area contributed by atoms with Crippen LogP contribution in [-0.2, 0) is 0 Å². The summed E-state index contributed by atoms with van der Waals surface area (Å²) in [6.07, 6.45) is 5.05. The number of benzene rings is 1. The molecule has 6 rings (SSSR count). The van der Waals surface area contributed by atoms with Gasteiger partial charge in [-0.05, 0) is 51.1 Å². The summed E-state index contributed by atoms with van der Waals surface area (Å²) in [4.78, 5) is 30.1. The molecule has 0 spiro atoms. The zero-order valence-electron chi connectivity index (χ0n) is 20.3. The Bertz CT molecular complexity index is 1800. The summed E-state index contributed by atoms with van der Waals surface area (Å²) in [5.41, 5.74) is 5.17. The van der Waals surface area contributed by atoms with Gasteiger partial charge in [-0.1, -0.05) is 0 Å². The molecule has 0 amide bonds. The average molecular weight is 512 g/mol. The van der Waals surface area contributed by atoms with Gasteiger partial charge in [0.2, 0.25) is 0 Å². The van der Waals surface area contributed by atoms with Gasteiger partial charge in [0.25, 0.3) is 0 Å². The van der Waals surface area contributed by atoms with E-state index in [-0.39, 0.29) is 17.6 Å². The van der Waals surface area contributed by atoms with Crippen LogP contribution in [0, 0.1) is 5.82 Å². The van der Waals surface area contributed by atoms with E-state index < -0.39 is 0 Å². The molecule has 3 N–H and O–H groups in total. The first-order valence-corrected chi connectivity index (χ1v) is 12.5. The summed E-state index contributed by atoms with van der Waals surface area (Å²) in [5, 5.41) is 11.4. The smallest absolute Gasteiger partial charge is 0.178 e. The standard InChI is InChI=1S/C27H22FN7OS/c1-13(2)31-16-8-15(11-29-12-16)18-9-19-21(10-20(18)28)34-35-25(19)27-32-24-17(6-7-30-26(24)33-27)23-5-4-22(37-23)14(3)36/h4-13,31H,1-3H3,(H,34,35)(H,30,32,33). The number of Topliss-reactive ketones (excluding diaryl/α,β-unsaturated/α-hetero) is 1. The number of thiophene rings is 1. The summed E-state index contributed by atoms with van der Waals surface area (Å²) < 4.78 is 15.1. The Morgan fingerprint density at radius 1 is 1.11 bits per heavy atom. The van der Waals surface area contributed by atoms with Gasteiger partial charge in [0.05, 0.1) is 21.6 Å². The van der Waals surface area contributed by atoms with Crippen molar-refractivity contribution in [3.05, 3.63) is 65.7 Å². The third-order valence-electron chi connectivity index (χ3n) is 5.99. The van der Waals surface area contributed by atoms with Crippen molar-refractivity contribution in [3.63, 3.8) is 0 Å². The number of nitrogens with zero attached hydrogens (tertiary/aromatic N) is 4. The Labute approximate surface area is 215 Å². The van der Waals surface area contributed by atoms with Gasteiger partial charge in [-0.3, -0.25) is 14.9 Å². The monoisotopic (exact) mass is 511 g/mol. The second-order valence-electron chi connectivity index (χ2n) is 9.07. The SMILES string of the molecule is CC(=O)c1ccc(-c2ccnc3nc(-c4n[nH]c5cc(F)c(-c6cncc(NC(C)C)c6)cc45)[nH]c23)s1. The Morgan fingerprint density at radius 3 is 2.76 bits per heavy atom. The van der Waals surface area contributed by atoms with Crippen molar-refractivity contribution in [2.75, 3.05) is 5.32 Å². The zero-order valence-corrected chi connectivity index (χ0v) is 21.1. The fourth-order valence-corrected chi connectivity index (χ4v) is 5.27. The first kappa shape index (κ1) is 23.0. The number of H-pyrrole nitrogens is 2. The Hall–Kier alpha value is -4.44. The quantitative estimate of drug-likeness (QED) is 0.221. The second-order valence-corrected chi connectivity index (χ2v) is 10.2. The molecular formula is C27H22FN7OS. The summed E-state index contributed by atoms with van der Waals surface area (Å²) in [5.74, 6) is 0.160. The van der Waals surface area contributed by atoms with E-state index in [9.17, 15) is 4.79 Å². The highest BCUT2D eigenvalue weighted by atomic mass is 32.1. The number of pyridine rings is 2. The molecule has 6 aromatic rings. The molecule has 0 saturated heterocycles. The van der Waals surface area contributed by atoms with E-state index >= 15 is 4.39 Å². The molecule has 5 aromatic heterocycles. The van der Waals surface area contributed by atoms with Crippen LogP contribution in [0.4, 0.5) is 10.1 Å². The van der Waals surface area contributed by atoms with Gasteiger partial charge in [0, 0.05) is 57.7 Å². The van der Waals surface area contributed by atoms with E-state index in [1.807, 2.05) is 38.1 Å². The van der Waals surface area contributed by atoms with E-state index in [2.05, 4.69) is 35.5 Å². The topological polar surface area (TPSA) is 112 Å². The number of halogens is 1. The summed E-state index contributed by atoms with van der Waals surface area (Å²) >= 11 is 1.42. The van der Waals surface area contributed by atoms with E-state index in [1.165, 1.54) is 17.4 Å². The Balaban J connectivity index is 1.46. The number of imidazole rings is 1. The molecule has 0 aliphatic carbocycles. The lowest BCUT2D eigenvalue weighted by Gasteiger charge is -2.11. The molecule has 10 heteroatoms. The minimum Gasteiger partial charge on any atom is -0.382 e. The van der Waals surface area contributed by atoms with E-state index in [0.29, 0.717) is 44.1 Å². The third-order valence-corrected chi connectivity index (χ3v) is 7.21. The number of hydrogen-bond acceptors (Lipinski definition) is 7. The van der Waals surface area contributed by atoms with Gasteiger partial charge in [-0.2, -0.15) is 5.10 Å². The molecule has 184 valence electrons. The molecule has 0 aliphatic heterocycles. The molecule has 8 nitrogen and oxygen atoms in total. The van der Waals surface area contributed by atoms with E-state index in [1.54, 1.807) is 31.6 Å². The average Bonchev–Trinajstić information content (AvgIpc) is 3.60. The van der Waals surface area contributed by atoms with Gasteiger partial charge in [0.15, 0.2) is 17.3 Å². The number of carbonyl (C=O) groups excluding carboxylic acids is 1. The molecule has 0 unspecified atom stereocenters. The van der Waals surface area contributed by atoms with Crippen LogP contribution in [0.15, 0.2) is 55.0 Å². The van der Waals surface area contributed by atoms with Crippen LogP contribution < -0.4 is 5.32 Å². The maximum Gasteiger partial charge on any atom is 0.178 e. The number of ketones is 1. The lowest BCUT2D eigenvalue weighted by atomic mass is 10.0. The van der Waals surface area contributed by atoms with Crippen LogP contribution in [-0.4, -0.2) is 42.0 Å². The van der Waals surface area contributed by atoms with Gasteiger partial charge in [0.1, 0.15) is 11.5 Å². The number of aromatic nitrogens is 6. The van der Waals surface area contributed by atoms with Crippen LogP contribution in [0.5, 0.6) is 0 Å². The van der Waals surface area contributed by atoms with Crippen LogP contribution in [0.2, 0.25) is 0 Å². The maximum absolute atomic E-state index is 15.1. The van der Waals surface area contributed by atoms with Gasteiger partial charge in [-0.25, -0.2) is 14.4 Å². The number of fused-ring (bicyclic) bond motifs is 2. The van der Waals surface area contributed by atoms with Crippen molar-refractivity contribution in [1.29, 1.82) is 0 Å². The lowest BCUT2D eigenvalue weighted by Crippen LogP contribution is -2.09. The van der Waals surface area contributed by atoms with Crippen molar-refractivity contribution in [2.24, 2.45) is 0 Å². The molecule has 0 aliphatic rings. The summed E-state index contributed by atoms with van der Waals surface area (Å²) in [7, 11) is 0.